The summed E-state index contributed by atoms with van der Waals surface area (Å²) in [5.41, 5.74) is 3.07. The largest absolute Gasteiger partial charge is 0.352 e. The van der Waals surface area contributed by atoms with E-state index in [0.29, 0.717) is 5.92 Å². The standard InChI is InChI=1S/C23H28N2OS/c26-23(21-8-6-20(7-9-21)19-4-2-1-3-5-19)24-16-18-10-13-25(14-11-18)22-12-15-27-17-22/h1-9,18,22H,10-17H2,(H,24,26)/t22-/m0/s1. The first-order valence-corrected chi connectivity index (χ1v) is 11.2. The number of thioether (sulfide) groups is 1. The van der Waals surface area contributed by atoms with Crippen molar-refractivity contribution >= 4 is 17.7 Å². The Morgan fingerprint density at radius 1 is 0.963 bits per heavy atom. The van der Waals surface area contributed by atoms with E-state index in [0.717, 1.165) is 23.7 Å². The topological polar surface area (TPSA) is 32.3 Å². The van der Waals surface area contributed by atoms with Crippen LogP contribution in [0.4, 0.5) is 0 Å². The Balaban J connectivity index is 1.25. The van der Waals surface area contributed by atoms with Crippen molar-refractivity contribution in [3.05, 3.63) is 60.2 Å². The first kappa shape index (κ1) is 18.6. The molecule has 2 saturated heterocycles. The molecule has 4 heteroatoms. The molecule has 2 aromatic rings. The Labute approximate surface area is 166 Å². The van der Waals surface area contributed by atoms with Gasteiger partial charge >= 0.3 is 0 Å². The van der Waals surface area contributed by atoms with Crippen molar-refractivity contribution in [2.45, 2.75) is 25.3 Å². The molecule has 1 amide bonds. The van der Waals surface area contributed by atoms with Gasteiger partial charge in [-0.2, -0.15) is 11.8 Å². The lowest BCUT2D eigenvalue weighted by molar-refractivity contribution is 0.0928. The Hall–Kier alpha value is -1.78. The quantitative estimate of drug-likeness (QED) is 0.839. The Bertz CT molecular complexity index is 733. The van der Waals surface area contributed by atoms with Crippen molar-refractivity contribution in [3.63, 3.8) is 0 Å². The number of benzene rings is 2. The SMILES string of the molecule is O=C(NCC1CCN([C@H]2CCSC2)CC1)c1ccc(-c2ccccc2)cc1. The average Bonchev–Trinajstić information content (AvgIpc) is 3.28. The molecule has 0 aromatic heterocycles. The molecule has 1 N–H and O–H groups in total. The van der Waals surface area contributed by atoms with Crippen LogP contribution in [0, 0.1) is 5.92 Å². The number of carbonyl (C=O) groups excluding carboxylic acids is 1. The summed E-state index contributed by atoms with van der Waals surface area (Å²) in [6.45, 7) is 3.18. The van der Waals surface area contributed by atoms with E-state index in [2.05, 4.69) is 34.1 Å². The minimum atomic E-state index is 0.0456. The molecule has 2 aliphatic rings. The summed E-state index contributed by atoms with van der Waals surface area (Å²) in [6, 6.07) is 19.0. The second-order valence-electron chi connectivity index (χ2n) is 7.65. The molecule has 4 rings (SSSR count). The molecule has 27 heavy (non-hydrogen) atoms. The zero-order chi connectivity index (χ0) is 18.5. The van der Waals surface area contributed by atoms with E-state index in [-0.39, 0.29) is 5.91 Å². The van der Waals surface area contributed by atoms with Crippen LogP contribution >= 0.6 is 11.8 Å². The van der Waals surface area contributed by atoms with E-state index in [1.54, 1.807) is 0 Å². The van der Waals surface area contributed by atoms with Crippen LogP contribution in [0.5, 0.6) is 0 Å². The average molecular weight is 381 g/mol. The summed E-state index contributed by atoms with van der Waals surface area (Å²) in [6.07, 6.45) is 3.76. The van der Waals surface area contributed by atoms with Gasteiger partial charge in [-0.25, -0.2) is 0 Å². The number of hydrogen-bond donors (Lipinski definition) is 1. The van der Waals surface area contributed by atoms with Gasteiger partial charge < -0.3 is 5.32 Å². The number of rotatable bonds is 5. The molecule has 2 aliphatic heterocycles. The predicted molar refractivity (Wildman–Crippen MR) is 114 cm³/mol. The molecule has 0 bridgehead atoms. The molecule has 2 aromatic carbocycles. The van der Waals surface area contributed by atoms with Crippen LogP contribution < -0.4 is 5.32 Å². The highest BCUT2D eigenvalue weighted by Gasteiger charge is 2.27. The van der Waals surface area contributed by atoms with Crippen LogP contribution in [0.2, 0.25) is 0 Å². The third-order valence-electron chi connectivity index (χ3n) is 5.88. The third kappa shape index (κ3) is 4.74. The number of piperidine rings is 1. The fourth-order valence-corrected chi connectivity index (χ4v) is 5.37. The summed E-state index contributed by atoms with van der Waals surface area (Å²) in [4.78, 5) is 15.2. The fraction of sp³-hybridized carbons (Fsp3) is 0.435. The van der Waals surface area contributed by atoms with Crippen molar-refractivity contribution < 1.29 is 4.79 Å². The number of likely N-dealkylation sites (tertiary alicyclic amines) is 1. The Kier molecular flexibility index (Phi) is 6.15. The summed E-state index contributed by atoms with van der Waals surface area (Å²) >= 11 is 2.09. The number of nitrogens with one attached hydrogen (secondary N) is 1. The highest BCUT2D eigenvalue weighted by molar-refractivity contribution is 7.99. The minimum Gasteiger partial charge on any atom is -0.352 e. The zero-order valence-corrected chi connectivity index (χ0v) is 16.6. The van der Waals surface area contributed by atoms with Crippen LogP contribution in [-0.4, -0.2) is 48.0 Å². The van der Waals surface area contributed by atoms with E-state index in [9.17, 15) is 4.79 Å². The predicted octanol–water partition coefficient (Wildman–Crippen LogP) is 4.30. The number of nitrogens with zero attached hydrogens (tertiary/aromatic N) is 1. The van der Waals surface area contributed by atoms with Gasteiger partial charge in [-0.15, -0.1) is 0 Å². The second kappa shape index (κ2) is 8.94. The molecule has 3 nitrogen and oxygen atoms in total. The monoisotopic (exact) mass is 380 g/mol. The van der Waals surface area contributed by atoms with Crippen LogP contribution in [0.15, 0.2) is 54.6 Å². The van der Waals surface area contributed by atoms with Gasteiger partial charge in [-0.05, 0) is 67.3 Å². The molecule has 2 fully saturated rings. The fourth-order valence-electron chi connectivity index (χ4n) is 4.12. The number of amides is 1. The third-order valence-corrected chi connectivity index (χ3v) is 7.02. The molecular weight excluding hydrogens is 352 g/mol. The first-order valence-electron chi connectivity index (χ1n) is 10.0. The van der Waals surface area contributed by atoms with Crippen LogP contribution in [0.1, 0.15) is 29.6 Å². The maximum atomic E-state index is 12.5. The van der Waals surface area contributed by atoms with E-state index in [1.807, 2.05) is 42.5 Å². The van der Waals surface area contributed by atoms with Gasteiger partial charge in [-0.1, -0.05) is 42.5 Å². The van der Waals surface area contributed by atoms with E-state index in [4.69, 9.17) is 0 Å². The first-order chi connectivity index (χ1) is 13.3. The minimum absolute atomic E-state index is 0.0456. The highest BCUT2D eigenvalue weighted by Crippen LogP contribution is 2.26. The second-order valence-corrected chi connectivity index (χ2v) is 8.80. The number of carbonyl (C=O) groups is 1. The lowest BCUT2D eigenvalue weighted by atomic mass is 9.95. The van der Waals surface area contributed by atoms with Crippen molar-refractivity contribution in [2.24, 2.45) is 5.92 Å². The zero-order valence-electron chi connectivity index (χ0n) is 15.8. The molecule has 0 radical (unpaired) electrons. The van der Waals surface area contributed by atoms with Gasteiger partial charge in [0.1, 0.15) is 0 Å². The maximum Gasteiger partial charge on any atom is 0.251 e. The molecule has 0 aliphatic carbocycles. The van der Waals surface area contributed by atoms with Crippen LogP contribution in [0.3, 0.4) is 0 Å². The summed E-state index contributed by atoms with van der Waals surface area (Å²) in [7, 11) is 0. The van der Waals surface area contributed by atoms with E-state index < -0.39 is 0 Å². The smallest absolute Gasteiger partial charge is 0.251 e. The summed E-state index contributed by atoms with van der Waals surface area (Å²) in [5, 5.41) is 3.15. The van der Waals surface area contributed by atoms with Crippen LogP contribution in [-0.2, 0) is 0 Å². The van der Waals surface area contributed by atoms with E-state index >= 15 is 0 Å². The molecular formula is C23H28N2OS. The van der Waals surface area contributed by atoms with Crippen molar-refractivity contribution in [3.8, 4) is 11.1 Å². The van der Waals surface area contributed by atoms with Crippen molar-refractivity contribution in [1.29, 1.82) is 0 Å². The highest BCUT2D eigenvalue weighted by atomic mass is 32.2. The van der Waals surface area contributed by atoms with Gasteiger partial charge in [-0.3, -0.25) is 9.69 Å². The molecule has 1 atom stereocenters. The molecule has 2 heterocycles. The van der Waals surface area contributed by atoms with Gasteiger partial charge in [0, 0.05) is 23.9 Å². The normalized spacial score (nSPS) is 21.3. The van der Waals surface area contributed by atoms with Gasteiger partial charge in [0.15, 0.2) is 0 Å². The molecule has 0 saturated carbocycles. The van der Waals surface area contributed by atoms with Gasteiger partial charge in [0.2, 0.25) is 0 Å². The Morgan fingerprint density at radius 3 is 2.33 bits per heavy atom. The Morgan fingerprint density at radius 2 is 1.67 bits per heavy atom. The van der Waals surface area contributed by atoms with Crippen LogP contribution in [0.25, 0.3) is 11.1 Å². The summed E-state index contributed by atoms with van der Waals surface area (Å²) < 4.78 is 0. The molecule has 0 unspecified atom stereocenters. The summed E-state index contributed by atoms with van der Waals surface area (Å²) in [5.74, 6) is 3.29. The lowest BCUT2D eigenvalue weighted by Crippen LogP contribution is -2.43. The van der Waals surface area contributed by atoms with Gasteiger partial charge in [0.05, 0.1) is 0 Å². The van der Waals surface area contributed by atoms with Crippen molar-refractivity contribution in [2.75, 3.05) is 31.1 Å². The lowest BCUT2D eigenvalue weighted by Gasteiger charge is -2.35. The van der Waals surface area contributed by atoms with Gasteiger partial charge in [0.25, 0.3) is 5.91 Å². The number of hydrogen-bond acceptors (Lipinski definition) is 3. The molecule has 0 spiro atoms. The molecule has 142 valence electrons. The van der Waals surface area contributed by atoms with Crippen molar-refractivity contribution in [1.82, 2.24) is 10.2 Å². The maximum absolute atomic E-state index is 12.5. The van der Waals surface area contributed by atoms with E-state index in [1.165, 1.54) is 49.4 Å².